The molecule has 3 fully saturated rings. The van der Waals surface area contributed by atoms with Gasteiger partial charge in [0.1, 0.15) is 6.04 Å². The largest absolute Gasteiger partial charge is 0.376 e. The van der Waals surface area contributed by atoms with Crippen molar-refractivity contribution in [2.45, 2.75) is 57.2 Å². The van der Waals surface area contributed by atoms with E-state index in [1.54, 1.807) is 4.90 Å². The van der Waals surface area contributed by atoms with Gasteiger partial charge in [0.05, 0.1) is 12.1 Å². The summed E-state index contributed by atoms with van der Waals surface area (Å²) in [4.78, 5) is 28.4. The molecule has 3 rings (SSSR count). The second kappa shape index (κ2) is 5.12. The predicted molar refractivity (Wildman–Crippen MR) is 69.5 cm³/mol. The summed E-state index contributed by atoms with van der Waals surface area (Å²) in [5.74, 6) is 0.268. The van der Waals surface area contributed by atoms with Gasteiger partial charge in [0, 0.05) is 26.1 Å². The first-order chi connectivity index (χ1) is 9.18. The van der Waals surface area contributed by atoms with Crippen LogP contribution in [0, 0.1) is 0 Å². The minimum Gasteiger partial charge on any atom is -0.376 e. The van der Waals surface area contributed by atoms with Gasteiger partial charge >= 0.3 is 0 Å². The van der Waals surface area contributed by atoms with Gasteiger partial charge in [0.2, 0.25) is 11.8 Å². The van der Waals surface area contributed by atoms with Crippen LogP contribution in [0.1, 0.15) is 39.0 Å². The van der Waals surface area contributed by atoms with Crippen LogP contribution in [-0.2, 0) is 14.3 Å². The van der Waals surface area contributed by atoms with E-state index in [1.165, 1.54) is 0 Å². The minimum atomic E-state index is -0.209. The third-order valence-electron chi connectivity index (χ3n) is 4.70. The highest BCUT2D eigenvalue weighted by atomic mass is 16.5. The molecule has 3 unspecified atom stereocenters. The zero-order chi connectivity index (χ0) is 13.4. The Bertz CT molecular complexity index is 379. The SMILES string of the molecule is CC(C1CCCO1)N1CCC(=O)N2CCCC2C1=O. The summed E-state index contributed by atoms with van der Waals surface area (Å²) in [7, 11) is 0. The van der Waals surface area contributed by atoms with Crippen LogP contribution in [0.15, 0.2) is 0 Å². The first-order valence-corrected chi connectivity index (χ1v) is 7.40. The molecule has 0 aromatic rings. The Morgan fingerprint density at radius 1 is 1.21 bits per heavy atom. The smallest absolute Gasteiger partial charge is 0.245 e. The van der Waals surface area contributed by atoms with Gasteiger partial charge in [0.25, 0.3) is 0 Å². The van der Waals surface area contributed by atoms with E-state index in [-0.39, 0.29) is 30.0 Å². The topological polar surface area (TPSA) is 49.9 Å². The van der Waals surface area contributed by atoms with Gasteiger partial charge in [-0.15, -0.1) is 0 Å². The minimum absolute atomic E-state index is 0.0864. The Morgan fingerprint density at radius 2 is 2.05 bits per heavy atom. The molecule has 19 heavy (non-hydrogen) atoms. The van der Waals surface area contributed by atoms with Gasteiger partial charge in [0.15, 0.2) is 0 Å². The van der Waals surface area contributed by atoms with Crippen molar-refractivity contribution in [1.82, 2.24) is 9.80 Å². The summed E-state index contributed by atoms with van der Waals surface area (Å²) >= 11 is 0. The summed E-state index contributed by atoms with van der Waals surface area (Å²) in [6, 6.07) is -0.123. The molecule has 0 spiro atoms. The molecule has 0 bridgehead atoms. The number of carbonyl (C=O) groups is 2. The number of hydrogen-bond donors (Lipinski definition) is 0. The zero-order valence-corrected chi connectivity index (χ0v) is 11.5. The lowest BCUT2D eigenvalue weighted by Gasteiger charge is -2.33. The second-order valence-electron chi connectivity index (χ2n) is 5.82. The van der Waals surface area contributed by atoms with E-state index < -0.39 is 0 Å². The molecule has 5 nitrogen and oxygen atoms in total. The summed E-state index contributed by atoms with van der Waals surface area (Å²) in [5.41, 5.74) is 0. The Kier molecular flexibility index (Phi) is 3.48. The molecular formula is C14H22N2O3. The van der Waals surface area contributed by atoms with Gasteiger partial charge in [-0.1, -0.05) is 0 Å². The fraction of sp³-hybridized carbons (Fsp3) is 0.857. The van der Waals surface area contributed by atoms with E-state index in [0.29, 0.717) is 13.0 Å². The summed E-state index contributed by atoms with van der Waals surface area (Å²) in [6.07, 6.45) is 4.47. The summed E-state index contributed by atoms with van der Waals surface area (Å²) in [5, 5.41) is 0. The van der Waals surface area contributed by atoms with Crippen LogP contribution in [0.5, 0.6) is 0 Å². The van der Waals surface area contributed by atoms with Crippen molar-refractivity contribution >= 4 is 11.8 Å². The number of ether oxygens (including phenoxy) is 1. The van der Waals surface area contributed by atoms with Crippen LogP contribution in [0.4, 0.5) is 0 Å². The van der Waals surface area contributed by atoms with Crippen molar-refractivity contribution in [3.8, 4) is 0 Å². The van der Waals surface area contributed by atoms with Crippen molar-refractivity contribution in [1.29, 1.82) is 0 Å². The van der Waals surface area contributed by atoms with E-state index in [2.05, 4.69) is 6.92 Å². The van der Waals surface area contributed by atoms with Gasteiger partial charge in [-0.25, -0.2) is 0 Å². The molecule has 0 aromatic carbocycles. The van der Waals surface area contributed by atoms with Crippen molar-refractivity contribution in [3.05, 3.63) is 0 Å². The third kappa shape index (κ3) is 2.24. The predicted octanol–water partition coefficient (Wildman–Crippen LogP) is 0.777. The lowest BCUT2D eigenvalue weighted by molar-refractivity contribution is -0.142. The summed E-state index contributed by atoms with van der Waals surface area (Å²) in [6.45, 7) is 4.15. The number of rotatable bonds is 2. The van der Waals surface area contributed by atoms with E-state index >= 15 is 0 Å². The molecule has 0 aliphatic carbocycles. The van der Waals surface area contributed by atoms with Crippen LogP contribution in [0.3, 0.4) is 0 Å². The normalized spacial score (nSPS) is 33.5. The molecule has 3 heterocycles. The first kappa shape index (κ1) is 12.9. The van der Waals surface area contributed by atoms with Crippen LogP contribution in [0.2, 0.25) is 0 Å². The molecule has 2 amide bonds. The molecule has 3 atom stereocenters. The maximum Gasteiger partial charge on any atom is 0.245 e. The fourth-order valence-corrected chi connectivity index (χ4v) is 3.57. The van der Waals surface area contributed by atoms with Gasteiger partial charge in [-0.05, 0) is 32.6 Å². The van der Waals surface area contributed by atoms with Crippen molar-refractivity contribution in [2.75, 3.05) is 19.7 Å². The van der Waals surface area contributed by atoms with Crippen molar-refractivity contribution in [2.24, 2.45) is 0 Å². The molecule has 3 aliphatic heterocycles. The Balaban J connectivity index is 1.77. The molecular weight excluding hydrogens is 244 g/mol. The van der Waals surface area contributed by atoms with E-state index in [1.807, 2.05) is 4.90 Å². The number of carbonyl (C=O) groups excluding carboxylic acids is 2. The fourth-order valence-electron chi connectivity index (χ4n) is 3.57. The maximum absolute atomic E-state index is 12.6. The van der Waals surface area contributed by atoms with Crippen molar-refractivity contribution in [3.63, 3.8) is 0 Å². The first-order valence-electron chi connectivity index (χ1n) is 7.40. The van der Waals surface area contributed by atoms with Crippen molar-refractivity contribution < 1.29 is 14.3 Å². The average Bonchev–Trinajstić information content (AvgIpc) is 3.07. The van der Waals surface area contributed by atoms with Gasteiger partial charge in [-0.3, -0.25) is 9.59 Å². The standard InChI is InChI=1S/C14H22N2O3/c1-10(12-5-3-9-19-12)15-8-6-13(17)16-7-2-4-11(16)14(15)18/h10-12H,2-9H2,1H3. The number of fused-ring (bicyclic) bond motifs is 1. The number of hydrogen-bond acceptors (Lipinski definition) is 3. The van der Waals surface area contributed by atoms with E-state index in [9.17, 15) is 9.59 Å². The highest BCUT2D eigenvalue weighted by molar-refractivity contribution is 5.90. The quantitative estimate of drug-likeness (QED) is 0.742. The molecule has 0 saturated carbocycles. The Hall–Kier alpha value is -1.10. The summed E-state index contributed by atoms with van der Waals surface area (Å²) < 4.78 is 5.70. The molecule has 0 N–H and O–H groups in total. The molecule has 5 heteroatoms. The molecule has 106 valence electrons. The highest BCUT2D eigenvalue weighted by Crippen LogP contribution is 2.27. The number of amides is 2. The lowest BCUT2D eigenvalue weighted by atomic mass is 10.1. The Morgan fingerprint density at radius 3 is 2.79 bits per heavy atom. The maximum atomic E-state index is 12.6. The number of nitrogens with zero attached hydrogens (tertiary/aromatic N) is 2. The van der Waals surface area contributed by atoms with Crippen LogP contribution in [0.25, 0.3) is 0 Å². The van der Waals surface area contributed by atoms with E-state index in [4.69, 9.17) is 4.74 Å². The van der Waals surface area contributed by atoms with E-state index in [0.717, 1.165) is 38.8 Å². The van der Waals surface area contributed by atoms with Crippen LogP contribution < -0.4 is 0 Å². The molecule has 3 aliphatic rings. The Labute approximate surface area is 113 Å². The monoisotopic (exact) mass is 266 g/mol. The lowest BCUT2D eigenvalue weighted by Crippen LogP contribution is -2.50. The second-order valence-corrected chi connectivity index (χ2v) is 5.82. The van der Waals surface area contributed by atoms with Crippen LogP contribution in [-0.4, -0.2) is 59.5 Å². The molecule has 0 radical (unpaired) electrons. The zero-order valence-electron chi connectivity index (χ0n) is 11.5. The highest BCUT2D eigenvalue weighted by Gasteiger charge is 2.42. The molecule has 3 saturated heterocycles. The van der Waals surface area contributed by atoms with Gasteiger partial charge < -0.3 is 14.5 Å². The van der Waals surface area contributed by atoms with Gasteiger partial charge in [-0.2, -0.15) is 0 Å². The molecule has 0 aromatic heterocycles. The average molecular weight is 266 g/mol. The third-order valence-corrected chi connectivity index (χ3v) is 4.70. The van der Waals surface area contributed by atoms with Crippen LogP contribution >= 0.6 is 0 Å².